The standard InChI is InChI=1S/C16H21N3OS2/c1-5-16(3,4)14-18-19-15(22-14)17-13(20)11-9-7-8-10-12(11)21-6-2/h7-10H,5-6H2,1-4H3,(H,17,19,20). The number of aromatic nitrogens is 2. The van der Waals surface area contributed by atoms with E-state index in [1.165, 1.54) is 11.3 Å². The van der Waals surface area contributed by atoms with E-state index in [0.717, 1.165) is 22.1 Å². The van der Waals surface area contributed by atoms with Crippen LogP contribution in [0.15, 0.2) is 29.2 Å². The van der Waals surface area contributed by atoms with E-state index in [-0.39, 0.29) is 11.3 Å². The minimum atomic E-state index is -0.131. The monoisotopic (exact) mass is 335 g/mol. The van der Waals surface area contributed by atoms with Gasteiger partial charge in [0.1, 0.15) is 5.01 Å². The lowest BCUT2D eigenvalue weighted by Gasteiger charge is -2.17. The second-order valence-electron chi connectivity index (χ2n) is 5.53. The highest BCUT2D eigenvalue weighted by atomic mass is 32.2. The van der Waals surface area contributed by atoms with Gasteiger partial charge in [0.2, 0.25) is 5.13 Å². The highest BCUT2D eigenvalue weighted by molar-refractivity contribution is 7.99. The summed E-state index contributed by atoms with van der Waals surface area (Å²) in [6, 6.07) is 7.63. The third kappa shape index (κ3) is 3.87. The molecule has 1 aromatic carbocycles. The van der Waals surface area contributed by atoms with E-state index in [0.29, 0.717) is 10.7 Å². The first-order valence-corrected chi connectivity index (χ1v) is 9.15. The number of carbonyl (C=O) groups excluding carboxylic acids is 1. The van der Waals surface area contributed by atoms with Gasteiger partial charge in [-0.2, -0.15) is 0 Å². The topological polar surface area (TPSA) is 54.9 Å². The minimum absolute atomic E-state index is 0.0172. The zero-order chi connectivity index (χ0) is 16.2. The van der Waals surface area contributed by atoms with Gasteiger partial charge in [-0.1, -0.05) is 51.2 Å². The fraction of sp³-hybridized carbons (Fsp3) is 0.438. The molecular weight excluding hydrogens is 314 g/mol. The van der Waals surface area contributed by atoms with Crippen LogP contribution in [0.2, 0.25) is 0 Å². The van der Waals surface area contributed by atoms with Gasteiger partial charge >= 0.3 is 0 Å². The van der Waals surface area contributed by atoms with Crippen LogP contribution in [-0.4, -0.2) is 21.9 Å². The average molecular weight is 335 g/mol. The van der Waals surface area contributed by atoms with E-state index in [1.54, 1.807) is 11.8 Å². The van der Waals surface area contributed by atoms with Gasteiger partial charge in [0.15, 0.2) is 0 Å². The van der Waals surface area contributed by atoms with Crippen molar-refractivity contribution in [3.05, 3.63) is 34.8 Å². The van der Waals surface area contributed by atoms with Crippen molar-refractivity contribution in [2.75, 3.05) is 11.1 Å². The van der Waals surface area contributed by atoms with Gasteiger partial charge in [-0.25, -0.2) is 0 Å². The summed E-state index contributed by atoms with van der Waals surface area (Å²) in [5.41, 5.74) is 0.664. The molecule has 0 unspecified atom stereocenters. The predicted octanol–water partition coefficient (Wildman–Crippen LogP) is 4.59. The summed E-state index contributed by atoms with van der Waals surface area (Å²) in [5, 5.41) is 12.7. The molecule has 0 bridgehead atoms. The lowest BCUT2D eigenvalue weighted by molar-refractivity contribution is 0.102. The smallest absolute Gasteiger partial charge is 0.258 e. The van der Waals surface area contributed by atoms with E-state index in [1.807, 2.05) is 24.3 Å². The van der Waals surface area contributed by atoms with Gasteiger partial charge in [-0.05, 0) is 24.3 Å². The number of thioether (sulfide) groups is 1. The van der Waals surface area contributed by atoms with Crippen LogP contribution in [-0.2, 0) is 5.41 Å². The van der Waals surface area contributed by atoms with E-state index in [4.69, 9.17) is 0 Å². The van der Waals surface area contributed by atoms with Crippen molar-refractivity contribution in [1.29, 1.82) is 0 Å². The Kier molecular flexibility index (Phi) is 5.58. The zero-order valence-electron chi connectivity index (χ0n) is 13.3. The van der Waals surface area contributed by atoms with E-state index in [2.05, 4.69) is 43.2 Å². The summed E-state index contributed by atoms with van der Waals surface area (Å²) >= 11 is 3.11. The number of carbonyl (C=O) groups is 1. The Hall–Kier alpha value is -1.40. The molecule has 0 saturated heterocycles. The summed E-state index contributed by atoms with van der Waals surface area (Å²) in [4.78, 5) is 13.4. The zero-order valence-corrected chi connectivity index (χ0v) is 15.0. The van der Waals surface area contributed by atoms with Crippen LogP contribution in [0.1, 0.15) is 49.5 Å². The molecule has 0 radical (unpaired) electrons. The largest absolute Gasteiger partial charge is 0.296 e. The lowest BCUT2D eigenvalue weighted by atomic mass is 9.91. The Morgan fingerprint density at radius 2 is 2.00 bits per heavy atom. The molecule has 1 N–H and O–H groups in total. The molecule has 4 nitrogen and oxygen atoms in total. The summed E-state index contributed by atoms with van der Waals surface area (Å²) in [7, 11) is 0. The molecule has 1 amide bonds. The van der Waals surface area contributed by atoms with Crippen molar-refractivity contribution in [2.24, 2.45) is 0 Å². The number of benzene rings is 1. The molecule has 1 aromatic heterocycles. The number of hydrogen-bond acceptors (Lipinski definition) is 5. The number of nitrogens with one attached hydrogen (secondary N) is 1. The summed E-state index contributed by atoms with van der Waals surface area (Å²) in [6.07, 6.45) is 0.978. The SMILES string of the molecule is CCSc1ccccc1C(=O)Nc1nnc(C(C)(C)CC)s1. The summed E-state index contributed by atoms with van der Waals surface area (Å²) < 4.78 is 0. The van der Waals surface area contributed by atoms with Crippen molar-refractivity contribution in [1.82, 2.24) is 10.2 Å². The van der Waals surface area contributed by atoms with Crippen LogP contribution < -0.4 is 5.32 Å². The quantitative estimate of drug-likeness (QED) is 0.785. The first-order chi connectivity index (χ1) is 10.5. The molecule has 0 aliphatic rings. The maximum Gasteiger partial charge on any atom is 0.258 e. The van der Waals surface area contributed by atoms with Crippen LogP contribution in [0.4, 0.5) is 5.13 Å². The second kappa shape index (κ2) is 7.24. The van der Waals surface area contributed by atoms with E-state index in [9.17, 15) is 4.79 Å². The Morgan fingerprint density at radius 1 is 1.27 bits per heavy atom. The van der Waals surface area contributed by atoms with Gasteiger partial charge in [-0.3, -0.25) is 10.1 Å². The molecule has 2 rings (SSSR count). The predicted molar refractivity (Wildman–Crippen MR) is 94.0 cm³/mol. The Morgan fingerprint density at radius 3 is 2.68 bits per heavy atom. The Balaban J connectivity index is 2.16. The van der Waals surface area contributed by atoms with Gasteiger partial charge in [0.25, 0.3) is 5.91 Å². The summed E-state index contributed by atoms with van der Waals surface area (Å²) in [6.45, 7) is 8.46. The Bertz CT molecular complexity index is 652. The minimum Gasteiger partial charge on any atom is -0.296 e. The molecular formula is C16H21N3OS2. The fourth-order valence-corrected chi connectivity index (χ4v) is 3.51. The van der Waals surface area contributed by atoms with Crippen LogP contribution in [0.25, 0.3) is 0 Å². The third-order valence-corrected chi connectivity index (χ3v) is 5.70. The Labute approximate surface area is 139 Å². The van der Waals surface area contributed by atoms with Crippen LogP contribution in [0, 0.1) is 0 Å². The maximum atomic E-state index is 12.5. The maximum absolute atomic E-state index is 12.5. The second-order valence-corrected chi connectivity index (χ2v) is 7.82. The van der Waals surface area contributed by atoms with Gasteiger partial charge in [-0.15, -0.1) is 22.0 Å². The highest BCUT2D eigenvalue weighted by Gasteiger charge is 2.24. The molecule has 1 heterocycles. The molecule has 22 heavy (non-hydrogen) atoms. The van der Waals surface area contributed by atoms with Crippen LogP contribution in [0.3, 0.4) is 0 Å². The molecule has 0 aliphatic heterocycles. The molecule has 2 aromatic rings. The van der Waals surface area contributed by atoms with Gasteiger partial charge in [0, 0.05) is 10.3 Å². The van der Waals surface area contributed by atoms with Crippen LogP contribution >= 0.6 is 23.1 Å². The lowest BCUT2D eigenvalue weighted by Crippen LogP contribution is -2.14. The molecule has 0 fully saturated rings. The normalized spacial score (nSPS) is 11.5. The molecule has 118 valence electrons. The number of rotatable bonds is 6. The first-order valence-electron chi connectivity index (χ1n) is 7.35. The van der Waals surface area contributed by atoms with Crippen molar-refractivity contribution in [2.45, 2.75) is 44.4 Å². The molecule has 0 aliphatic carbocycles. The molecule has 0 atom stereocenters. The van der Waals surface area contributed by atoms with E-state index >= 15 is 0 Å². The van der Waals surface area contributed by atoms with E-state index < -0.39 is 0 Å². The van der Waals surface area contributed by atoms with Gasteiger partial charge < -0.3 is 0 Å². The van der Waals surface area contributed by atoms with Crippen molar-refractivity contribution >= 4 is 34.1 Å². The number of nitrogens with zero attached hydrogens (tertiary/aromatic N) is 2. The number of anilines is 1. The molecule has 6 heteroatoms. The third-order valence-electron chi connectivity index (χ3n) is 3.54. The molecule has 0 spiro atoms. The van der Waals surface area contributed by atoms with Gasteiger partial charge in [0.05, 0.1) is 5.56 Å². The van der Waals surface area contributed by atoms with Crippen molar-refractivity contribution in [3.8, 4) is 0 Å². The fourth-order valence-electron chi connectivity index (χ4n) is 1.80. The summed E-state index contributed by atoms with van der Waals surface area (Å²) in [5.74, 6) is 0.798. The van der Waals surface area contributed by atoms with Crippen LogP contribution in [0.5, 0.6) is 0 Å². The van der Waals surface area contributed by atoms with Crippen molar-refractivity contribution in [3.63, 3.8) is 0 Å². The molecule has 0 saturated carbocycles. The van der Waals surface area contributed by atoms with Crippen molar-refractivity contribution < 1.29 is 4.79 Å². The number of amides is 1. The average Bonchev–Trinajstić information content (AvgIpc) is 2.97. The first kappa shape index (κ1) is 17.0. The highest BCUT2D eigenvalue weighted by Crippen LogP contribution is 2.31. The number of hydrogen-bond donors (Lipinski definition) is 1.